The summed E-state index contributed by atoms with van der Waals surface area (Å²) in [5, 5.41) is 4.74. The molecule has 5 nitrogen and oxygen atoms in total. The number of fused-ring (bicyclic) bond motifs is 1. The van der Waals surface area contributed by atoms with Crippen LogP contribution in [-0.2, 0) is 11.2 Å². The number of H-pyrrole nitrogens is 1. The molecule has 1 aliphatic rings. The molecule has 6 heteroatoms. The third kappa shape index (κ3) is 4.62. The predicted molar refractivity (Wildman–Crippen MR) is 115 cm³/mol. The fraction of sp³-hybridized carbons (Fsp3) is 0.304. The van der Waals surface area contributed by atoms with E-state index < -0.39 is 0 Å². The van der Waals surface area contributed by atoms with Crippen molar-refractivity contribution in [2.75, 3.05) is 19.6 Å². The Kier molecular flexibility index (Phi) is 5.86. The number of piperidine rings is 1. The van der Waals surface area contributed by atoms with Crippen molar-refractivity contribution in [2.24, 2.45) is 5.92 Å². The van der Waals surface area contributed by atoms with E-state index in [1.807, 2.05) is 54.6 Å². The average molecular weight is 410 g/mol. The van der Waals surface area contributed by atoms with Gasteiger partial charge in [0.2, 0.25) is 5.91 Å². The highest BCUT2D eigenvalue weighted by molar-refractivity contribution is 6.30. The highest BCUT2D eigenvalue weighted by atomic mass is 35.5. The molecule has 3 aromatic rings. The minimum Gasteiger partial charge on any atom is -0.355 e. The summed E-state index contributed by atoms with van der Waals surface area (Å²) in [6, 6.07) is 17.4. The molecule has 1 atom stereocenters. The zero-order chi connectivity index (χ0) is 20.2. The van der Waals surface area contributed by atoms with Gasteiger partial charge in [0.15, 0.2) is 0 Å². The highest BCUT2D eigenvalue weighted by Crippen LogP contribution is 2.21. The van der Waals surface area contributed by atoms with Crippen molar-refractivity contribution in [2.45, 2.75) is 19.3 Å². The molecule has 0 unspecified atom stereocenters. The molecule has 4 rings (SSSR count). The molecule has 0 bridgehead atoms. The van der Waals surface area contributed by atoms with Crippen molar-refractivity contribution in [1.29, 1.82) is 0 Å². The Morgan fingerprint density at radius 3 is 2.72 bits per heavy atom. The Balaban J connectivity index is 1.32. The van der Waals surface area contributed by atoms with Crippen LogP contribution in [-0.4, -0.2) is 41.3 Å². The molecule has 0 saturated carbocycles. The molecule has 150 valence electrons. The second-order valence-corrected chi connectivity index (χ2v) is 7.96. The maximum atomic E-state index is 12.9. The van der Waals surface area contributed by atoms with Crippen LogP contribution in [0.4, 0.5) is 0 Å². The van der Waals surface area contributed by atoms with Gasteiger partial charge in [-0.25, -0.2) is 0 Å². The summed E-state index contributed by atoms with van der Waals surface area (Å²) in [6.07, 6.45) is 2.40. The van der Waals surface area contributed by atoms with Gasteiger partial charge in [-0.15, -0.1) is 0 Å². The van der Waals surface area contributed by atoms with Crippen molar-refractivity contribution in [3.8, 4) is 0 Å². The number of amides is 2. The van der Waals surface area contributed by atoms with Crippen molar-refractivity contribution in [3.05, 3.63) is 70.9 Å². The summed E-state index contributed by atoms with van der Waals surface area (Å²) < 4.78 is 0. The first-order chi connectivity index (χ1) is 14.1. The molecule has 1 aliphatic heterocycles. The van der Waals surface area contributed by atoms with Crippen molar-refractivity contribution in [1.82, 2.24) is 15.2 Å². The number of likely N-dealkylation sites (tertiary alicyclic amines) is 1. The van der Waals surface area contributed by atoms with Crippen LogP contribution < -0.4 is 5.32 Å². The molecule has 2 amide bonds. The molecule has 0 spiro atoms. The summed E-state index contributed by atoms with van der Waals surface area (Å²) in [6.45, 7) is 1.72. The maximum Gasteiger partial charge on any atom is 0.270 e. The fourth-order valence-electron chi connectivity index (χ4n) is 3.86. The van der Waals surface area contributed by atoms with Crippen molar-refractivity contribution < 1.29 is 9.59 Å². The minimum atomic E-state index is -0.165. The molecule has 0 aliphatic carbocycles. The second kappa shape index (κ2) is 8.70. The number of para-hydroxylation sites is 1. The lowest BCUT2D eigenvalue weighted by molar-refractivity contribution is -0.126. The lowest BCUT2D eigenvalue weighted by atomic mass is 9.96. The average Bonchev–Trinajstić information content (AvgIpc) is 3.19. The van der Waals surface area contributed by atoms with E-state index in [0.29, 0.717) is 30.4 Å². The lowest BCUT2D eigenvalue weighted by Crippen LogP contribution is -2.45. The van der Waals surface area contributed by atoms with Crippen LogP contribution in [0.1, 0.15) is 28.9 Å². The Morgan fingerprint density at radius 2 is 1.93 bits per heavy atom. The number of carbonyl (C=O) groups excluding carboxylic acids is 2. The van der Waals surface area contributed by atoms with Crippen LogP contribution in [0.3, 0.4) is 0 Å². The van der Waals surface area contributed by atoms with Gasteiger partial charge < -0.3 is 15.2 Å². The molecule has 1 fully saturated rings. The van der Waals surface area contributed by atoms with Crippen molar-refractivity contribution in [3.63, 3.8) is 0 Å². The SMILES string of the molecule is O=C(NCCc1ccc(Cl)cc1)[C@H]1CCCN(C(=O)c2cc3ccccc3[nH]2)C1. The maximum absolute atomic E-state index is 12.9. The fourth-order valence-corrected chi connectivity index (χ4v) is 3.99. The Hall–Kier alpha value is -2.79. The van der Waals surface area contributed by atoms with Crippen LogP contribution in [0.2, 0.25) is 5.02 Å². The summed E-state index contributed by atoms with van der Waals surface area (Å²) in [4.78, 5) is 30.5. The van der Waals surface area contributed by atoms with Crippen LogP contribution in [0.5, 0.6) is 0 Å². The van der Waals surface area contributed by atoms with Gasteiger partial charge in [0.25, 0.3) is 5.91 Å². The number of benzene rings is 2. The van der Waals surface area contributed by atoms with E-state index in [0.717, 1.165) is 35.7 Å². The standard InChI is InChI=1S/C23H24ClN3O2/c24-19-9-7-16(8-10-19)11-12-25-22(28)18-5-3-13-27(15-18)23(29)21-14-17-4-1-2-6-20(17)26-21/h1-2,4,6-10,14,18,26H,3,5,11-13,15H2,(H,25,28)/t18-/m0/s1. The third-order valence-electron chi connectivity index (χ3n) is 5.47. The molecule has 1 aromatic heterocycles. The largest absolute Gasteiger partial charge is 0.355 e. The zero-order valence-electron chi connectivity index (χ0n) is 16.2. The molecule has 2 heterocycles. The predicted octanol–water partition coefficient (Wildman–Crippen LogP) is 4.03. The van der Waals surface area contributed by atoms with Crippen LogP contribution >= 0.6 is 11.6 Å². The van der Waals surface area contributed by atoms with Gasteiger partial charge in [-0.2, -0.15) is 0 Å². The van der Waals surface area contributed by atoms with Gasteiger partial charge in [0.05, 0.1) is 5.92 Å². The molecule has 1 saturated heterocycles. The summed E-state index contributed by atoms with van der Waals surface area (Å²) in [5.74, 6) is -0.185. The van der Waals surface area contributed by atoms with E-state index in [1.165, 1.54) is 0 Å². The third-order valence-corrected chi connectivity index (χ3v) is 5.72. The van der Waals surface area contributed by atoms with E-state index in [9.17, 15) is 9.59 Å². The quantitative estimate of drug-likeness (QED) is 0.668. The first kappa shape index (κ1) is 19.5. The Morgan fingerprint density at radius 1 is 1.14 bits per heavy atom. The first-order valence-electron chi connectivity index (χ1n) is 9.99. The number of nitrogens with one attached hydrogen (secondary N) is 2. The van der Waals surface area contributed by atoms with E-state index in [1.54, 1.807) is 4.90 Å². The minimum absolute atomic E-state index is 0.0214. The summed E-state index contributed by atoms with van der Waals surface area (Å²) in [5.41, 5.74) is 2.66. The molecule has 0 radical (unpaired) electrons. The van der Waals surface area contributed by atoms with Crippen LogP contribution in [0, 0.1) is 5.92 Å². The molecular weight excluding hydrogens is 386 g/mol. The zero-order valence-corrected chi connectivity index (χ0v) is 16.9. The number of aromatic nitrogens is 1. The van der Waals surface area contributed by atoms with Gasteiger partial charge >= 0.3 is 0 Å². The number of nitrogens with zero attached hydrogens (tertiary/aromatic N) is 1. The van der Waals surface area contributed by atoms with Crippen LogP contribution in [0.15, 0.2) is 54.6 Å². The van der Waals surface area contributed by atoms with Gasteiger partial charge in [0.1, 0.15) is 5.69 Å². The summed E-state index contributed by atoms with van der Waals surface area (Å²) >= 11 is 5.90. The molecule has 2 N–H and O–H groups in total. The Bertz CT molecular complexity index is 979. The monoisotopic (exact) mass is 409 g/mol. The van der Waals surface area contributed by atoms with E-state index in [2.05, 4.69) is 10.3 Å². The number of rotatable bonds is 5. The topological polar surface area (TPSA) is 65.2 Å². The van der Waals surface area contributed by atoms with Crippen LogP contribution in [0.25, 0.3) is 10.9 Å². The lowest BCUT2D eigenvalue weighted by Gasteiger charge is -2.31. The second-order valence-electron chi connectivity index (χ2n) is 7.53. The molecular formula is C23H24ClN3O2. The van der Waals surface area contributed by atoms with Crippen molar-refractivity contribution >= 4 is 34.3 Å². The first-order valence-corrected chi connectivity index (χ1v) is 10.4. The van der Waals surface area contributed by atoms with E-state index in [-0.39, 0.29) is 17.7 Å². The number of hydrogen-bond donors (Lipinski definition) is 2. The van der Waals surface area contributed by atoms with Gasteiger partial charge in [-0.3, -0.25) is 9.59 Å². The smallest absolute Gasteiger partial charge is 0.270 e. The highest BCUT2D eigenvalue weighted by Gasteiger charge is 2.29. The van der Waals surface area contributed by atoms with E-state index >= 15 is 0 Å². The molecule has 29 heavy (non-hydrogen) atoms. The number of aromatic amines is 1. The van der Waals surface area contributed by atoms with Gasteiger partial charge in [-0.05, 0) is 49.1 Å². The van der Waals surface area contributed by atoms with Gasteiger partial charge in [0, 0.05) is 35.6 Å². The van der Waals surface area contributed by atoms with Gasteiger partial charge in [-0.1, -0.05) is 41.9 Å². The number of carbonyl (C=O) groups is 2. The Labute approximate surface area is 175 Å². The molecule has 2 aromatic carbocycles. The normalized spacial score (nSPS) is 16.7. The number of halogens is 1. The van der Waals surface area contributed by atoms with E-state index in [4.69, 9.17) is 11.6 Å². The number of hydrogen-bond acceptors (Lipinski definition) is 2. The summed E-state index contributed by atoms with van der Waals surface area (Å²) in [7, 11) is 0.